The summed E-state index contributed by atoms with van der Waals surface area (Å²) in [4.78, 5) is 13.9. The van der Waals surface area contributed by atoms with Gasteiger partial charge in [0, 0.05) is 17.8 Å². The Morgan fingerprint density at radius 2 is 1.62 bits per heavy atom. The summed E-state index contributed by atoms with van der Waals surface area (Å²) in [7, 11) is 0. The van der Waals surface area contributed by atoms with Gasteiger partial charge in [-0.05, 0) is 59.7 Å². The van der Waals surface area contributed by atoms with Crippen LogP contribution in [0.2, 0.25) is 0 Å². The standard InChI is InChI=1S/C23H23N3/c1-15(2)17-6-9-22-23(13-17)26-20(14-25-22)11-16(3)18-7-8-21-19(12-18)5-4-10-24-21/h4-10,12-16H,11H2,1-3H3. The topological polar surface area (TPSA) is 38.7 Å². The van der Waals surface area contributed by atoms with Crippen molar-refractivity contribution in [1.82, 2.24) is 15.0 Å². The predicted octanol–water partition coefficient (Wildman–Crippen LogP) is 5.65. The minimum Gasteiger partial charge on any atom is -0.256 e. The molecular weight excluding hydrogens is 318 g/mol. The van der Waals surface area contributed by atoms with E-state index >= 15 is 0 Å². The Balaban J connectivity index is 1.62. The number of aromatic nitrogens is 3. The zero-order valence-corrected chi connectivity index (χ0v) is 15.5. The third kappa shape index (κ3) is 3.30. The smallest absolute Gasteiger partial charge is 0.0892 e. The van der Waals surface area contributed by atoms with Gasteiger partial charge in [0.05, 0.1) is 22.2 Å². The highest BCUT2D eigenvalue weighted by Crippen LogP contribution is 2.24. The Morgan fingerprint density at radius 1 is 0.808 bits per heavy atom. The molecule has 2 heterocycles. The van der Waals surface area contributed by atoms with Crippen molar-refractivity contribution in [3.63, 3.8) is 0 Å². The number of rotatable bonds is 4. The molecule has 0 saturated carbocycles. The molecule has 0 aliphatic heterocycles. The first kappa shape index (κ1) is 16.6. The first-order valence-corrected chi connectivity index (χ1v) is 9.20. The van der Waals surface area contributed by atoms with E-state index in [9.17, 15) is 0 Å². The number of pyridine rings is 1. The van der Waals surface area contributed by atoms with Crippen molar-refractivity contribution in [3.8, 4) is 0 Å². The SMILES string of the molecule is CC(C)c1ccc2ncc(CC(C)c3ccc4ncccc4c3)nc2c1. The van der Waals surface area contributed by atoms with Crippen LogP contribution in [0, 0.1) is 0 Å². The van der Waals surface area contributed by atoms with Crippen LogP contribution in [0.25, 0.3) is 21.9 Å². The fraction of sp³-hybridized carbons (Fsp3) is 0.261. The largest absolute Gasteiger partial charge is 0.256 e. The summed E-state index contributed by atoms with van der Waals surface area (Å²) in [5, 5.41) is 1.18. The molecule has 0 radical (unpaired) electrons. The van der Waals surface area contributed by atoms with Gasteiger partial charge in [0.25, 0.3) is 0 Å². The van der Waals surface area contributed by atoms with Gasteiger partial charge in [0.2, 0.25) is 0 Å². The molecule has 0 bridgehead atoms. The highest BCUT2D eigenvalue weighted by molar-refractivity contribution is 5.79. The molecule has 2 aromatic carbocycles. The van der Waals surface area contributed by atoms with Gasteiger partial charge in [-0.3, -0.25) is 9.97 Å². The molecule has 1 atom stereocenters. The maximum absolute atomic E-state index is 4.87. The van der Waals surface area contributed by atoms with Crippen LogP contribution in [0.5, 0.6) is 0 Å². The zero-order valence-electron chi connectivity index (χ0n) is 15.5. The molecular formula is C23H23N3. The average molecular weight is 341 g/mol. The molecule has 0 spiro atoms. The lowest BCUT2D eigenvalue weighted by Gasteiger charge is -2.13. The van der Waals surface area contributed by atoms with Gasteiger partial charge in [0.15, 0.2) is 0 Å². The third-order valence-corrected chi connectivity index (χ3v) is 4.99. The van der Waals surface area contributed by atoms with Crippen molar-refractivity contribution in [2.45, 2.75) is 39.0 Å². The number of benzene rings is 2. The molecule has 3 nitrogen and oxygen atoms in total. The van der Waals surface area contributed by atoms with E-state index in [0.717, 1.165) is 28.7 Å². The molecule has 130 valence electrons. The summed E-state index contributed by atoms with van der Waals surface area (Å²) in [5.41, 5.74) is 6.64. The number of fused-ring (bicyclic) bond motifs is 2. The lowest BCUT2D eigenvalue weighted by Crippen LogP contribution is -2.02. The third-order valence-electron chi connectivity index (χ3n) is 4.99. The van der Waals surface area contributed by atoms with Gasteiger partial charge < -0.3 is 0 Å². The normalized spacial score (nSPS) is 12.8. The van der Waals surface area contributed by atoms with E-state index in [0.29, 0.717) is 11.8 Å². The molecule has 0 saturated heterocycles. The molecule has 4 rings (SSSR count). The number of hydrogen-bond acceptors (Lipinski definition) is 3. The maximum atomic E-state index is 4.87. The van der Waals surface area contributed by atoms with Crippen molar-refractivity contribution in [1.29, 1.82) is 0 Å². The molecule has 0 fully saturated rings. The summed E-state index contributed by atoms with van der Waals surface area (Å²) >= 11 is 0. The van der Waals surface area contributed by atoms with Crippen LogP contribution >= 0.6 is 0 Å². The summed E-state index contributed by atoms with van der Waals surface area (Å²) in [6, 6.07) is 17.0. The molecule has 26 heavy (non-hydrogen) atoms. The fourth-order valence-corrected chi connectivity index (χ4v) is 3.36. The fourth-order valence-electron chi connectivity index (χ4n) is 3.36. The highest BCUT2D eigenvalue weighted by Gasteiger charge is 2.10. The van der Waals surface area contributed by atoms with E-state index in [4.69, 9.17) is 4.98 Å². The van der Waals surface area contributed by atoms with Crippen LogP contribution in [0.4, 0.5) is 0 Å². The molecule has 1 unspecified atom stereocenters. The second-order valence-electron chi connectivity index (χ2n) is 7.32. The lowest BCUT2D eigenvalue weighted by atomic mass is 9.95. The van der Waals surface area contributed by atoms with Gasteiger partial charge in [-0.15, -0.1) is 0 Å². The lowest BCUT2D eigenvalue weighted by molar-refractivity contribution is 0.741. The Labute approximate surface area is 154 Å². The molecule has 3 heteroatoms. The van der Waals surface area contributed by atoms with Crippen molar-refractivity contribution >= 4 is 21.9 Å². The maximum Gasteiger partial charge on any atom is 0.0892 e. The van der Waals surface area contributed by atoms with Crippen LogP contribution in [-0.2, 0) is 6.42 Å². The first-order chi connectivity index (χ1) is 12.6. The van der Waals surface area contributed by atoms with Crippen molar-refractivity contribution < 1.29 is 0 Å². The Bertz CT molecular complexity index is 1070. The van der Waals surface area contributed by atoms with E-state index in [1.807, 2.05) is 18.5 Å². The Morgan fingerprint density at radius 3 is 2.46 bits per heavy atom. The quantitative estimate of drug-likeness (QED) is 0.481. The van der Waals surface area contributed by atoms with Crippen LogP contribution in [0.3, 0.4) is 0 Å². The predicted molar refractivity (Wildman–Crippen MR) is 107 cm³/mol. The summed E-state index contributed by atoms with van der Waals surface area (Å²) in [5.74, 6) is 0.870. The summed E-state index contributed by atoms with van der Waals surface area (Å²) in [6.45, 7) is 6.65. The highest BCUT2D eigenvalue weighted by atomic mass is 14.8. The van der Waals surface area contributed by atoms with E-state index in [1.165, 1.54) is 16.5 Å². The van der Waals surface area contributed by atoms with E-state index in [-0.39, 0.29) is 0 Å². The van der Waals surface area contributed by atoms with Gasteiger partial charge in [-0.2, -0.15) is 0 Å². The van der Waals surface area contributed by atoms with Crippen LogP contribution < -0.4 is 0 Å². The Hall–Kier alpha value is -2.81. The first-order valence-electron chi connectivity index (χ1n) is 9.20. The molecule has 0 aliphatic rings. The van der Waals surface area contributed by atoms with E-state index < -0.39 is 0 Å². The van der Waals surface area contributed by atoms with Gasteiger partial charge in [-0.25, -0.2) is 4.98 Å². The van der Waals surface area contributed by atoms with Gasteiger partial charge in [-0.1, -0.05) is 39.0 Å². The molecule has 0 aliphatic carbocycles. The zero-order chi connectivity index (χ0) is 18.1. The van der Waals surface area contributed by atoms with E-state index in [1.54, 1.807) is 0 Å². The number of hydrogen-bond donors (Lipinski definition) is 0. The van der Waals surface area contributed by atoms with Gasteiger partial charge in [0.1, 0.15) is 0 Å². The molecule has 0 N–H and O–H groups in total. The second kappa shape index (κ2) is 6.83. The van der Waals surface area contributed by atoms with Crippen molar-refractivity contribution in [2.75, 3.05) is 0 Å². The monoisotopic (exact) mass is 341 g/mol. The number of nitrogens with zero attached hydrogens (tertiary/aromatic N) is 3. The van der Waals surface area contributed by atoms with Gasteiger partial charge >= 0.3 is 0 Å². The van der Waals surface area contributed by atoms with E-state index in [2.05, 4.69) is 73.2 Å². The average Bonchev–Trinajstić information content (AvgIpc) is 2.67. The Kier molecular flexibility index (Phi) is 4.37. The van der Waals surface area contributed by atoms with Crippen LogP contribution in [0.15, 0.2) is 60.9 Å². The minimum atomic E-state index is 0.375. The van der Waals surface area contributed by atoms with Crippen LogP contribution in [0.1, 0.15) is 49.4 Å². The minimum absolute atomic E-state index is 0.375. The molecule has 2 aromatic heterocycles. The second-order valence-corrected chi connectivity index (χ2v) is 7.32. The molecule has 4 aromatic rings. The van der Waals surface area contributed by atoms with Crippen molar-refractivity contribution in [3.05, 3.63) is 77.7 Å². The summed E-state index contributed by atoms with van der Waals surface area (Å²) in [6.07, 6.45) is 4.62. The van der Waals surface area contributed by atoms with Crippen LogP contribution in [-0.4, -0.2) is 15.0 Å². The van der Waals surface area contributed by atoms with Crippen molar-refractivity contribution in [2.24, 2.45) is 0 Å². The summed E-state index contributed by atoms with van der Waals surface area (Å²) < 4.78 is 0. The molecule has 0 amide bonds.